The van der Waals surface area contributed by atoms with Gasteiger partial charge in [-0.1, -0.05) is 68.5 Å². The predicted molar refractivity (Wildman–Crippen MR) is 361 cm³/mol. The molecule has 37 heteroatoms. The number of nitrogens with one attached hydrogen (secondary N) is 13. The zero-order valence-corrected chi connectivity index (χ0v) is 56.1. The smallest absolute Gasteiger partial charge is 0.355 e. The lowest BCUT2D eigenvalue weighted by Crippen LogP contribution is -2.62. The van der Waals surface area contributed by atoms with E-state index in [4.69, 9.17) is 15.2 Å². The van der Waals surface area contributed by atoms with Crippen molar-refractivity contribution < 1.29 is 112 Å². The third-order valence-corrected chi connectivity index (χ3v) is 16.4. The number of aliphatic hydroxyl groups is 2. The molecule has 0 bridgehead atoms. The van der Waals surface area contributed by atoms with Crippen LogP contribution in [0.4, 0.5) is 0 Å². The number of esters is 1. The summed E-state index contributed by atoms with van der Waals surface area (Å²) in [6.45, 7) is 5.91. The SMILES string of the molecule is C=C1CNC(=O)[C@H](CC(=O)O)NC(=O)[C@@H](c2ccc(O)cc2)NC(=O)[C@H](CC(=O)O)NC(=O)[C@H](CC(=O)O)NC(=O)[C@@H](Cc2c[nH]c3ccccc23)NC(=O)[C@@H](NC(=O)C(CO)NC(=O)C2OC2CCC)[C@H](C)OC(=O)/C(=C\c2c[nH]c3ccccc23)NC(=O)[C@H](CCC(N)=O)NC(=O)C([C@@H](C)O)N1. The van der Waals surface area contributed by atoms with Crippen LogP contribution in [0, 0.1) is 0 Å². The maximum Gasteiger partial charge on any atom is 0.355 e. The number of rotatable bonds is 21. The molecule has 7 rings (SSSR count). The van der Waals surface area contributed by atoms with Crippen LogP contribution in [-0.2, 0) is 87.8 Å². The minimum atomic E-state index is -2.30. The van der Waals surface area contributed by atoms with E-state index in [0.717, 1.165) is 44.2 Å². The van der Waals surface area contributed by atoms with Crippen molar-refractivity contribution >= 4 is 117 Å². The lowest BCUT2D eigenvalue weighted by molar-refractivity contribution is -0.150. The number of phenolic OH excluding ortho intramolecular Hbond substituents is 1. The summed E-state index contributed by atoms with van der Waals surface area (Å²) < 4.78 is 11.3. The van der Waals surface area contributed by atoms with E-state index in [2.05, 4.69) is 75.0 Å². The number of aliphatic carboxylic acids is 3. The van der Waals surface area contributed by atoms with Gasteiger partial charge in [0.05, 0.1) is 44.6 Å². The van der Waals surface area contributed by atoms with Crippen LogP contribution in [0.3, 0.4) is 0 Å². The zero-order chi connectivity index (χ0) is 76.2. The van der Waals surface area contributed by atoms with Gasteiger partial charge in [0.25, 0.3) is 5.91 Å². The molecule has 13 atom stereocenters. The molecule has 11 amide bonds. The van der Waals surface area contributed by atoms with E-state index in [0.29, 0.717) is 34.6 Å². The number of carbonyl (C=O) groups is 15. The summed E-state index contributed by atoms with van der Waals surface area (Å²) >= 11 is 0. The molecule has 2 saturated heterocycles. The average molecular weight is 1450 g/mol. The number of fused-ring (bicyclic) bond motifs is 2. The summed E-state index contributed by atoms with van der Waals surface area (Å²) in [6.07, 6.45) is -5.91. The number of aromatic nitrogens is 2. The Labute approximate surface area is 590 Å². The highest BCUT2D eigenvalue weighted by Crippen LogP contribution is 2.27. The third kappa shape index (κ3) is 22.1. The van der Waals surface area contributed by atoms with Crippen molar-refractivity contribution in [1.29, 1.82) is 0 Å². The summed E-state index contributed by atoms with van der Waals surface area (Å²) in [7, 11) is 0. The van der Waals surface area contributed by atoms with Gasteiger partial charge in [0, 0.05) is 58.3 Å². The van der Waals surface area contributed by atoms with Crippen molar-refractivity contribution in [2.45, 2.75) is 151 Å². The van der Waals surface area contributed by atoms with Crippen LogP contribution in [0.1, 0.15) is 88.4 Å². The number of primary amides is 1. The van der Waals surface area contributed by atoms with Gasteiger partial charge >= 0.3 is 23.9 Å². The van der Waals surface area contributed by atoms with Crippen molar-refractivity contribution in [3.05, 3.63) is 120 Å². The number of carboxylic acids is 3. The number of para-hydroxylation sites is 2. The molecule has 556 valence electrons. The first-order valence-electron chi connectivity index (χ1n) is 32.5. The molecule has 37 nitrogen and oxygen atoms in total. The molecule has 21 N–H and O–H groups in total. The Balaban J connectivity index is 1.36. The highest BCUT2D eigenvalue weighted by molar-refractivity contribution is 6.04. The molecule has 5 aromatic rings. The molecule has 0 aliphatic carbocycles. The van der Waals surface area contributed by atoms with Crippen LogP contribution in [-0.4, -0.2) is 215 Å². The second-order valence-electron chi connectivity index (χ2n) is 24.4. The van der Waals surface area contributed by atoms with Crippen molar-refractivity contribution in [1.82, 2.24) is 68.5 Å². The van der Waals surface area contributed by atoms with Gasteiger partial charge in [-0.2, -0.15) is 0 Å². The Morgan fingerprint density at radius 1 is 0.663 bits per heavy atom. The zero-order valence-electron chi connectivity index (χ0n) is 56.1. The van der Waals surface area contributed by atoms with E-state index < -0.39 is 225 Å². The van der Waals surface area contributed by atoms with Crippen LogP contribution in [0.15, 0.2) is 103 Å². The molecule has 3 aromatic carbocycles. The number of carboxylic acid groups (broad SMARTS) is 3. The summed E-state index contributed by atoms with van der Waals surface area (Å²) in [5.74, 6) is -21.3. The van der Waals surface area contributed by atoms with Crippen molar-refractivity contribution in [3.63, 3.8) is 0 Å². The summed E-state index contributed by atoms with van der Waals surface area (Å²) in [4.78, 5) is 215. The summed E-state index contributed by atoms with van der Waals surface area (Å²) in [6, 6.07) is -1.18. The molecule has 0 spiro atoms. The largest absolute Gasteiger partial charge is 0.508 e. The summed E-state index contributed by atoms with van der Waals surface area (Å²) in [5.41, 5.74) is 5.65. The summed E-state index contributed by atoms with van der Waals surface area (Å²) in [5, 5.41) is 88.1. The number of phenols is 1. The Bertz CT molecular complexity index is 4130. The average Bonchev–Trinajstić information content (AvgIpc) is 1.59. The normalized spacial score (nSPS) is 24.2. The number of H-pyrrole nitrogens is 2. The lowest BCUT2D eigenvalue weighted by atomic mass is 10.0. The Morgan fingerprint density at radius 3 is 1.81 bits per heavy atom. The highest BCUT2D eigenvalue weighted by Gasteiger charge is 2.46. The van der Waals surface area contributed by atoms with Crippen LogP contribution in [0.2, 0.25) is 0 Å². The topological polar surface area (TPSA) is 589 Å². The third-order valence-electron chi connectivity index (χ3n) is 16.4. The molecule has 2 aliphatic heterocycles. The van der Waals surface area contributed by atoms with E-state index in [1.165, 1.54) is 12.4 Å². The Morgan fingerprint density at radius 2 is 1.21 bits per heavy atom. The van der Waals surface area contributed by atoms with E-state index in [-0.39, 0.29) is 28.1 Å². The predicted octanol–water partition coefficient (Wildman–Crippen LogP) is -3.53. The minimum Gasteiger partial charge on any atom is -0.508 e. The van der Waals surface area contributed by atoms with Crippen LogP contribution < -0.4 is 64.2 Å². The number of epoxide rings is 1. The highest BCUT2D eigenvalue weighted by atomic mass is 16.6. The van der Waals surface area contributed by atoms with Crippen LogP contribution in [0.25, 0.3) is 27.9 Å². The molecule has 2 aliphatic rings. The van der Waals surface area contributed by atoms with Crippen molar-refractivity contribution in [3.8, 4) is 5.75 Å². The number of hydrogen-bond acceptors (Lipinski definition) is 21. The quantitative estimate of drug-likeness (QED) is 0.0192. The van der Waals surface area contributed by atoms with E-state index in [9.17, 15) is 93.0 Å². The monoisotopic (exact) mass is 1450 g/mol. The van der Waals surface area contributed by atoms with Crippen molar-refractivity contribution in [2.24, 2.45) is 5.73 Å². The molecule has 2 fully saturated rings. The minimum absolute atomic E-state index is 0.191. The molecular weight excluding hydrogens is 1370 g/mol. The van der Waals surface area contributed by atoms with Gasteiger partial charge in [0.1, 0.15) is 71.9 Å². The molecule has 104 heavy (non-hydrogen) atoms. The number of aromatic hydroxyl groups is 1. The van der Waals surface area contributed by atoms with Gasteiger partial charge in [-0.25, -0.2) is 4.79 Å². The van der Waals surface area contributed by atoms with Crippen LogP contribution >= 0.6 is 0 Å². The fourth-order valence-corrected chi connectivity index (χ4v) is 11.0. The van der Waals surface area contributed by atoms with Crippen molar-refractivity contribution in [2.75, 3.05) is 13.2 Å². The van der Waals surface area contributed by atoms with Gasteiger partial charge in [-0.05, 0) is 68.2 Å². The second-order valence-corrected chi connectivity index (χ2v) is 24.4. The van der Waals surface area contributed by atoms with Gasteiger partial charge in [-0.15, -0.1) is 0 Å². The number of ether oxygens (including phenoxy) is 2. The van der Waals surface area contributed by atoms with E-state index in [1.807, 2.05) is 6.92 Å². The van der Waals surface area contributed by atoms with Crippen LogP contribution in [0.5, 0.6) is 5.75 Å². The van der Waals surface area contributed by atoms with E-state index >= 15 is 9.59 Å². The molecule has 4 unspecified atom stereocenters. The molecule has 0 radical (unpaired) electrons. The number of carbonyl (C=O) groups excluding carboxylic acids is 12. The number of aromatic amines is 2. The number of cyclic esters (lactones) is 1. The maximum absolute atomic E-state index is 15.3. The molecule has 0 saturated carbocycles. The lowest BCUT2D eigenvalue weighted by Gasteiger charge is -2.29. The first kappa shape index (κ1) is 79.1. The number of hydrogen-bond donors (Lipinski definition) is 20. The molecule has 2 aromatic heterocycles. The number of nitrogens with two attached hydrogens (primary N) is 1. The number of benzene rings is 3. The first-order valence-corrected chi connectivity index (χ1v) is 32.5. The van der Waals surface area contributed by atoms with Gasteiger partial charge in [0.2, 0.25) is 59.1 Å². The maximum atomic E-state index is 15.3. The molecule has 4 heterocycles. The van der Waals surface area contributed by atoms with Gasteiger partial charge in [0.15, 0.2) is 6.10 Å². The second kappa shape index (κ2) is 36.4. The Hall–Kier alpha value is -12.3. The van der Waals surface area contributed by atoms with Gasteiger partial charge < -0.3 is 114 Å². The number of amides is 11. The van der Waals surface area contributed by atoms with Gasteiger partial charge in [-0.3, -0.25) is 67.1 Å². The fraction of sp³-hybridized carbons (Fsp3) is 0.388. The fourth-order valence-electron chi connectivity index (χ4n) is 11.0. The van der Waals surface area contributed by atoms with E-state index in [1.54, 1.807) is 48.5 Å². The standard InChI is InChI=1S/C67H80N14O23/c1-5-10-48-56(104-48)66(101)79-47(29-82)62(97)80-54-32(4)103-67(102)46(22-35-28-70-40-14-9-7-12-38(35)40)78-58(93)41(19-20-49(68)85)73-63(98)53(31(3)83)72-30(2)26-71-57(92)43(23-50(86)87)77-65(100)55(33-15-17-36(84)18-16-33)81-61(96)45(25-52(90)91)75-60(95)44(24-51(88)89)74-59(94)42(76-64(54)99)21-34-27-69-39-13-8-6-11-37(34)39/h6-9,11-18,22,27-28,31-32,41-45,47-48,53-56,69-70,72,82-84H,2,5,10,19-21,23-26,29H2,1,3-4H3,(H2,68,85)(H,71,92)(H,73,98)(H,74,94)(H,75,95)(H,76,99)(H,77,100)(H,78,93)(H,79,101)(H,80,97)(H,81,96)(H,86,87)(H,88,89)(H,90,91)/b46-22+/t31-,32+,41+,42-,43+,44+,45+,47?,48?,53?,54+,55-,56?/m1/s1. The first-order chi connectivity index (χ1) is 49.3. The Kier molecular flexibility index (Phi) is 27.7. The number of aliphatic hydroxyl groups excluding tert-OH is 2. The molecular formula is C67H80N14O23.